The van der Waals surface area contributed by atoms with Crippen molar-refractivity contribution >= 4 is 22.8 Å². The summed E-state index contributed by atoms with van der Waals surface area (Å²) in [7, 11) is 1.89. The highest BCUT2D eigenvalue weighted by atomic mass is 35.5. The highest BCUT2D eigenvalue weighted by molar-refractivity contribution is 6.30. The summed E-state index contributed by atoms with van der Waals surface area (Å²) in [5.74, 6) is 0.777. The summed E-state index contributed by atoms with van der Waals surface area (Å²) in [6.07, 6.45) is 1.70. The highest BCUT2D eigenvalue weighted by Gasteiger charge is 2.13. The van der Waals surface area contributed by atoms with Crippen molar-refractivity contribution < 1.29 is 5.11 Å². The first-order valence-electron chi connectivity index (χ1n) is 5.43. The van der Waals surface area contributed by atoms with E-state index in [9.17, 15) is 5.11 Å². The van der Waals surface area contributed by atoms with E-state index in [1.54, 1.807) is 18.3 Å². The number of aromatic hydroxyl groups is 1. The number of aromatic nitrogens is 3. The van der Waals surface area contributed by atoms with Crippen molar-refractivity contribution in [2.75, 3.05) is 0 Å². The number of hydrogen-bond acceptors (Lipinski definition) is 3. The number of hydrogen-bond donors (Lipinski definition) is 1. The number of nitrogens with zero attached hydrogens (tertiary/aromatic N) is 3. The molecule has 3 rings (SSSR count). The van der Waals surface area contributed by atoms with Gasteiger partial charge in [-0.1, -0.05) is 11.6 Å². The van der Waals surface area contributed by atoms with Gasteiger partial charge in [0.25, 0.3) is 0 Å². The van der Waals surface area contributed by atoms with Crippen molar-refractivity contribution in [3.63, 3.8) is 0 Å². The number of benzene rings is 1. The van der Waals surface area contributed by atoms with E-state index in [4.69, 9.17) is 11.6 Å². The maximum atomic E-state index is 9.94. The molecule has 90 valence electrons. The molecule has 2 aromatic heterocycles. The van der Waals surface area contributed by atoms with Gasteiger partial charge in [0.2, 0.25) is 0 Å². The number of rotatable bonds is 1. The average Bonchev–Trinajstić information content (AvgIpc) is 2.68. The Morgan fingerprint density at radius 1 is 1.28 bits per heavy atom. The van der Waals surface area contributed by atoms with Crippen molar-refractivity contribution in [3.8, 4) is 17.1 Å². The molecule has 0 saturated carbocycles. The molecular formula is C13H10ClN3O. The molecule has 1 aromatic carbocycles. The molecule has 0 aliphatic carbocycles. The summed E-state index contributed by atoms with van der Waals surface area (Å²) in [5, 5.41) is 10.4. The fourth-order valence-electron chi connectivity index (χ4n) is 1.96. The fourth-order valence-corrected chi connectivity index (χ4v) is 2.13. The zero-order valence-electron chi connectivity index (χ0n) is 9.63. The minimum atomic E-state index is 0.112. The van der Waals surface area contributed by atoms with E-state index < -0.39 is 0 Å². The maximum Gasteiger partial charge on any atom is 0.178 e. The summed E-state index contributed by atoms with van der Waals surface area (Å²) in [4.78, 5) is 8.62. The van der Waals surface area contributed by atoms with Gasteiger partial charge in [-0.15, -0.1) is 0 Å². The first-order chi connectivity index (χ1) is 8.66. The summed E-state index contributed by atoms with van der Waals surface area (Å²) < 4.78 is 1.89. The Morgan fingerprint density at radius 2 is 2.11 bits per heavy atom. The third-order valence-electron chi connectivity index (χ3n) is 2.86. The van der Waals surface area contributed by atoms with Gasteiger partial charge in [-0.3, -0.25) is 0 Å². The number of fused-ring (bicyclic) bond motifs is 1. The van der Waals surface area contributed by atoms with Gasteiger partial charge >= 0.3 is 0 Å². The summed E-state index contributed by atoms with van der Waals surface area (Å²) in [5.41, 5.74) is 2.21. The van der Waals surface area contributed by atoms with Crippen molar-refractivity contribution in [1.82, 2.24) is 14.5 Å². The first kappa shape index (κ1) is 11.0. The SMILES string of the molecule is Cn1c(-c2ccc(Cl)cc2O)nc2ncccc21. The molecule has 0 fully saturated rings. The number of phenolic OH excluding ortho intramolecular Hbond substituents is 1. The minimum absolute atomic E-state index is 0.112. The number of aryl methyl sites for hydroxylation is 1. The van der Waals surface area contributed by atoms with Crippen LogP contribution in [-0.4, -0.2) is 19.6 Å². The second kappa shape index (κ2) is 3.99. The normalized spacial score (nSPS) is 11.0. The van der Waals surface area contributed by atoms with Gasteiger partial charge in [0.1, 0.15) is 11.6 Å². The van der Waals surface area contributed by atoms with Crippen LogP contribution in [0.3, 0.4) is 0 Å². The van der Waals surface area contributed by atoms with Crippen LogP contribution < -0.4 is 0 Å². The molecule has 0 amide bonds. The summed E-state index contributed by atoms with van der Waals surface area (Å²) in [6, 6.07) is 8.77. The van der Waals surface area contributed by atoms with Gasteiger partial charge in [0.05, 0.1) is 11.1 Å². The monoisotopic (exact) mass is 259 g/mol. The molecule has 0 unspecified atom stereocenters. The van der Waals surface area contributed by atoms with Gasteiger partial charge in [-0.05, 0) is 30.3 Å². The van der Waals surface area contributed by atoms with Gasteiger partial charge in [0, 0.05) is 18.3 Å². The molecule has 3 aromatic rings. The van der Waals surface area contributed by atoms with Crippen LogP contribution in [0, 0.1) is 0 Å². The van der Waals surface area contributed by atoms with Crippen LogP contribution in [0.5, 0.6) is 5.75 Å². The Hall–Kier alpha value is -2.07. The quantitative estimate of drug-likeness (QED) is 0.731. The van der Waals surface area contributed by atoms with Crippen molar-refractivity contribution in [1.29, 1.82) is 0 Å². The molecule has 2 heterocycles. The number of phenols is 1. The molecule has 5 heteroatoms. The predicted octanol–water partition coefficient (Wildman–Crippen LogP) is 2.99. The average molecular weight is 260 g/mol. The largest absolute Gasteiger partial charge is 0.507 e. The second-order valence-corrected chi connectivity index (χ2v) is 4.44. The molecule has 4 nitrogen and oxygen atoms in total. The van der Waals surface area contributed by atoms with Crippen molar-refractivity contribution in [3.05, 3.63) is 41.6 Å². The maximum absolute atomic E-state index is 9.94. The van der Waals surface area contributed by atoms with Crippen LogP contribution in [0.4, 0.5) is 0 Å². The molecule has 0 aliphatic rings. The Kier molecular flexibility index (Phi) is 2.45. The van der Waals surface area contributed by atoms with Crippen LogP contribution in [0.15, 0.2) is 36.5 Å². The summed E-state index contributed by atoms with van der Waals surface area (Å²) in [6.45, 7) is 0. The lowest BCUT2D eigenvalue weighted by Crippen LogP contribution is -1.92. The Bertz CT molecular complexity index is 736. The standard InChI is InChI=1S/C13H10ClN3O/c1-17-10-3-2-6-15-12(10)16-13(17)9-5-4-8(14)7-11(9)18/h2-7,18H,1H3. The Labute approximate surface area is 108 Å². The predicted molar refractivity (Wildman–Crippen MR) is 70.6 cm³/mol. The van der Waals surface area contributed by atoms with Gasteiger partial charge in [-0.25, -0.2) is 9.97 Å². The zero-order chi connectivity index (χ0) is 12.7. The van der Waals surface area contributed by atoms with Crippen molar-refractivity contribution in [2.45, 2.75) is 0 Å². The van der Waals surface area contributed by atoms with Crippen LogP contribution in [0.25, 0.3) is 22.6 Å². The molecular weight excluding hydrogens is 250 g/mol. The lowest BCUT2D eigenvalue weighted by atomic mass is 10.2. The van der Waals surface area contributed by atoms with Crippen LogP contribution in [-0.2, 0) is 7.05 Å². The molecule has 0 radical (unpaired) electrons. The number of halogens is 1. The Morgan fingerprint density at radius 3 is 2.83 bits per heavy atom. The van der Waals surface area contributed by atoms with E-state index in [0.29, 0.717) is 22.1 Å². The van der Waals surface area contributed by atoms with Gasteiger partial charge in [-0.2, -0.15) is 0 Å². The molecule has 0 aliphatic heterocycles. The smallest absolute Gasteiger partial charge is 0.178 e. The third kappa shape index (κ3) is 1.62. The van der Waals surface area contributed by atoms with E-state index in [1.165, 1.54) is 6.07 Å². The molecule has 18 heavy (non-hydrogen) atoms. The highest BCUT2D eigenvalue weighted by Crippen LogP contribution is 2.31. The van der Waals surface area contributed by atoms with Crippen LogP contribution >= 0.6 is 11.6 Å². The zero-order valence-corrected chi connectivity index (χ0v) is 10.4. The van der Waals surface area contributed by atoms with Crippen LogP contribution in [0.1, 0.15) is 0 Å². The van der Waals surface area contributed by atoms with Gasteiger partial charge < -0.3 is 9.67 Å². The van der Waals surface area contributed by atoms with Crippen molar-refractivity contribution in [2.24, 2.45) is 7.05 Å². The van der Waals surface area contributed by atoms with E-state index in [2.05, 4.69) is 9.97 Å². The second-order valence-electron chi connectivity index (χ2n) is 4.00. The van der Waals surface area contributed by atoms with E-state index in [1.807, 2.05) is 23.7 Å². The fraction of sp³-hybridized carbons (Fsp3) is 0.0769. The van der Waals surface area contributed by atoms with E-state index >= 15 is 0 Å². The van der Waals surface area contributed by atoms with Gasteiger partial charge in [0.15, 0.2) is 5.65 Å². The molecule has 0 atom stereocenters. The number of imidazole rings is 1. The topological polar surface area (TPSA) is 50.9 Å². The van der Waals surface area contributed by atoms with E-state index in [-0.39, 0.29) is 5.75 Å². The molecule has 1 N–H and O–H groups in total. The van der Waals surface area contributed by atoms with Crippen LogP contribution in [0.2, 0.25) is 5.02 Å². The third-order valence-corrected chi connectivity index (χ3v) is 3.09. The molecule has 0 bridgehead atoms. The first-order valence-corrected chi connectivity index (χ1v) is 5.81. The molecule has 0 spiro atoms. The summed E-state index contributed by atoms with van der Waals surface area (Å²) >= 11 is 5.82. The molecule has 0 saturated heterocycles. The van der Waals surface area contributed by atoms with E-state index in [0.717, 1.165) is 5.52 Å². The lowest BCUT2D eigenvalue weighted by Gasteiger charge is -2.05. The Balaban J connectivity index is 2.28. The lowest BCUT2D eigenvalue weighted by molar-refractivity contribution is 0.476. The number of pyridine rings is 1. The minimum Gasteiger partial charge on any atom is -0.507 e.